The molecule has 4 bridgehead atoms. The van der Waals surface area contributed by atoms with Gasteiger partial charge in [-0.3, -0.25) is 10.1 Å². The fourth-order valence-corrected chi connectivity index (χ4v) is 6.60. The van der Waals surface area contributed by atoms with Crippen LogP contribution in [0.1, 0.15) is 38.5 Å². The van der Waals surface area contributed by atoms with Gasteiger partial charge in [-0.25, -0.2) is 4.98 Å². The van der Waals surface area contributed by atoms with Crippen LogP contribution in [0.4, 0.5) is 11.5 Å². The lowest BCUT2D eigenvalue weighted by atomic mass is 9.53. The van der Waals surface area contributed by atoms with Gasteiger partial charge in [0.15, 0.2) is 0 Å². The third-order valence-corrected chi connectivity index (χ3v) is 7.35. The molecule has 0 radical (unpaired) electrons. The van der Waals surface area contributed by atoms with Crippen molar-refractivity contribution in [2.75, 3.05) is 5.32 Å². The molecule has 1 N–H and O–H groups in total. The molecule has 1 heterocycles. The fourth-order valence-electron chi connectivity index (χ4n) is 6.60. The molecule has 7 nitrogen and oxygen atoms in total. The van der Waals surface area contributed by atoms with Crippen LogP contribution in [0.15, 0.2) is 48.8 Å². The quantitative estimate of drug-likeness (QED) is 0.423. The molecule has 4 aliphatic carbocycles. The summed E-state index contributed by atoms with van der Waals surface area (Å²) in [6, 6.07) is 13.5. The van der Waals surface area contributed by atoms with E-state index in [1.54, 1.807) is 6.07 Å². The van der Waals surface area contributed by atoms with Crippen LogP contribution in [0.25, 0.3) is 10.8 Å². The highest BCUT2D eigenvalue weighted by atomic mass is 16.6. The van der Waals surface area contributed by atoms with E-state index in [0.717, 1.165) is 47.8 Å². The Balaban J connectivity index is 1.37. The second-order valence-electron chi connectivity index (χ2n) is 9.54. The lowest BCUT2D eigenvalue weighted by Crippen LogP contribution is -2.55. The van der Waals surface area contributed by atoms with Gasteiger partial charge in [-0.05, 0) is 67.7 Å². The summed E-state index contributed by atoms with van der Waals surface area (Å²) in [7, 11) is 0. The van der Waals surface area contributed by atoms with Crippen LogP contribution in [0.5, 0.6) is 11.6 Å². The summed E-state index contributed by atoms with van der Waals surface area (Å²) in [6.07, 6.45) is 8.49. The molecule has 0 spiro atoms. The summed E-state index contributed by atoms with van der Waals surface area (Å²) < 4.78 is 6.01. The SMILES string of the molecule is O=[N+]([O-])c1c(NC23CC4CC(CC(C4)C2)C3)ncnc1Oc1cccc2ccccc12. The standard InChI is InChI=1S/C24H24N4O3/c29-28(30)21-22(27-24-11-15-8-16(12-24)10-17(9-15)13-24)25-14-26-23(21)31-20-7-3-5-18-4-1-2-6-19(18)20/h1-7,14-17H,8-13H2,(H,25,26,27). The van der Waals surface area contributed by atoms with Crippen LogP contribution >= 0.6 is 0 Å². The average molecular weight is 416 g/mol. The zero-order chi connectivity index (χ0) is 21.0. The van der Waals surface area contributed by atoms with Gasteiger partial charge in [0.2, 0.25) is 5.82 Å². The number of ether oxygens (including phenoxy) is 1. The smallest absolute Gasteiger partial charge is 0.373 e. The number of aromatic nitrogens is 2. The van der Waals surface area contributed by atoms with E-state index in [2.05, 4.69) is 15.3 Å². The first-order valence-corrected chi connectivity index (χ1v) is 11.0. The van der Waals surface area contributed by atoms with Crippen molar-refractivity contribution in [1.82, 2.24) is 9.97 Å². The highest BCUT2D eigenvalue weighted by Gasteiger charge is 2.51. The molecule has 0 atom stereocenters. The summed E-state index contributed by atoms with van der Waals surface area (Å²) in [5.41, 5.74) is -0.281. The Morgan fingerprint density at radius 2 is 1.65 bits per heavy atom. The first-order chi connectivity index (χ1) is 15.1. The molecule has 4 aliphatic rings. The van der Waals surface area contributed by atoms with Crippen molar-refractivity contribution in [3.05, 3.63) is 58.9 Å². The average Bonchev–Trinajstić information content (AvgIpc) is 2.73. The van der Waals surface area contributed by atoms with E-state index in [0.29, 0.717) is 5.75 Å². The predicted octanol–water partition coefficient (Wildman–Crippen LogP) is 5.71. The zero-order valence-electron chi connectivity index (χ0n) is 17.2. The number of rotatable bonds is 5. The number of fused-ring (bicyclic) bond motifs is 1. The van der Waals surface area contributed by atoms with Gasteiger partial charge in [-0.15, -0.1) is 0 Å². The number of hydrogen-bond donors (Lipinski definition) is 1. The molecule has 0 amide bonds. The van der Waals surface area contributed by atoms with E-state index >= 15 is 0 Å². The molecule has 0 aliphatic heterocycles. The minimum Gasteiger partial charge on any atom is -0.433 e. The molecule has 2 aromatic carbocycles. The Morgan fingerprint density at radius 3 is 2.35 bits per heavy atom. The van der Waals surface area contributed by atoms with Crippen molar-refractivity contribution in [3.63, 3.8) is 0 Å². The normalized spacial score (nSPS) is 28.6. The third kappa shape index (κ3) is 3.19. The molecule has 7 rings (SSSR count). The van der Waals surface area contributed by atoms with Crippen LogP contribution in [0.2, 0.25) is 0 Å². The van der Waals surface area contributed by atoms with Crippen LogP contribution < -0.4 is 10.1 Å². The van der Waals surface area contributed by atoms with Crippen molar-refractivity contribution >= 4 is 22.3 Å². The molecular formula is C24H24N4O3. The first-order valence-electron chi connectivity index (χ1n) is 11.0. The Kier molecular flexibility index (Phi) is 4.13. The van der Waals surface area contributed by atoms with E-state index in [4.69, 9.17) is 4.74 Å². The molecule has 3 aromatic rings. The Hall–Kier alpha value is -3.22. The lowest BCUT2D eigenvalue weighted by molar-refractivity contribution is -0.385. The summed E-state index contributed by atoms with van der Waals surface area (Å²) in [5.74, 6) is 2.98. The number of anilines is 1. The number of nitrogens with one attached hydrogen (secondary N) is 1. The third-order valence-electron chi connectivity index (χ3n) is 7.35. The van der Waals surface area contributed by atoms with Crippen molar-refractivity contribution in [1.29, 1.82) is 0 Å². The second kappa shape index (κ2) is 6.90. The van der Waals surface area contributed by atoms with Gasteiger partial charge in [0.1, 0.15) is 12.1 Å². The molecular weight excluding hydrogens is 392 g/mol. The molecule has 4 fully saturated rings. The van der Waals surface area contributed by atoms with E-state index in [1.807, 2.05) is 36.4 Å². The maximum absolute atomic E-state index is 12.1. The van der Waals surface area contributed by atoms with E-state index in [1.165, 1.54) is 25.6 Å². The largest absolute Gasteiger partial charge is 0.433 e. The zero-order valence-corrected chi connectivity index (χ0v) is 17.2. The van der Waals surface area contributed by atoms with E-state index in [9.17, 15) is 10.1 Å². The predicted molar refractivity (Wildman–Crippen MR) is 117 cm³/mol. The Labute approximate surface area is 180 Å². The molecule has 4 saturated carbocycles. The minimum absolute atomic E-state index is 0.0245. The van der Waals surface area contributed by atoms with Gasteiger partial charge in [-0.2, -0.15) is 4.98 Å². The van der Waals surface area contributed by atoms with Crippen molar-refractivity contribution < 1.29 is 9.66 Å². The molecule has 31 heavy (non-hydrogen) atoms. The van der Waals surface area contributed by atoms with E-state index in [-0.39, 0.29) is 22.9 Å². The molecule has 7 heteroatoms. The summed E-state index contributed by atoms with van der Waals surface area (Å²) in [5, 5.41) is 17.5. The monoisotopic (exact) mass is 416 g/mol. The molecule has 0 saturated heterocycles. The molecule has 158 valence electrons. The fraction of sp³-hybridized carbons (Fsp3) is 0.417. The van der Waals surface area contributed by atoms with Gasteiger partial charge < -0.3 is 10.1 Å². The summed E-state index contributed by atoms with van der Waals surface area (Å²) in [4.78, 5) is 20.1. The van der Waals surface area contributed by atoms with Crippen molar-refractivity contribution in [2.45, 2.75) is 44.1 Å². The van der Waals surface area contributed by atoms with E-state index < -0.39 is 4.92 Å². The van der Waals surface area contributed by atoms with Crippen LogP contribution in [0, 0.1) is 27.9 Å². The highest BCUT2D eigenvalue weighted by molar-refractivity contribution is 5.88. The van der Waals surface area contributed by atoms with Crippen molar-refractivity contribution in [3.8, 4) is 11.6 Å². The summed E-state index contributed by atoms with van der Waals surface area (Å²) >= 11 is 0. The first kappa shape index (κ1) is 18.5. The van der Waals surface area contributed by atoms with Gasteiger partial charge in [0.25, 0.3) is 0 Å². The lowest BCUT2D eigenvalue weighted by Gasteiger charge is -2.57. The summed E-state index contributed by atoms with van der Waals surface area (Å²) in [6.45, 7) is 0. The number of nitrogens with zero attached hydrogens (tertiary/aromatic N) is 3. The number of benzene rings is 2. The topological polar surface area (TPSA) is 90.2 Å². The highest BCUT2D eigenvalue weighted by Crippen LogP contribution is 2.57. The Bertz CT molecular complexity index is 1140. The van der Waals surface area contributed by atoms with Gasteiger partial charge in [0.05, 0.1) is 4.92 Å². The minimum atomic E-state index is -0.427. The van der Waals surface area contributed by atoms with Gasteiger partial charge >= 0.3 is 11.6 Å². The number of hydrogen-bond acceptors (Lipinski definition) is 6. The van der Waals surface area contributed by atoms with Crippen LogP contribution in [0.3, 0.4) is 0 Å². The maximum Gasteiger partial charge on any atom is 0.373 e. The van der Waals surface area contributed by atoms with Crippen molar-refractivity contribution in [2.24, 2.45) is 17.8 Å². The number of nitro groups is 1. The molecule has 1 aromatic heterocycles. The van der Waals surface area contributed by atoms with Crippen LogP contribution in [-0.2, 0) is 0 Å². The Morgan fingerprint density at radius 1 is 0.968 bits per heavy atom. The van der Waals surface area contributed by atoms with Gasteiger partial charge in [0, 0.05) is 10.9 Å². The molecule has 0 unspecified atom stereocenters. The second-order valence-corrected chi connectivity index (χ2v) is 9.54. The van der Waals surface area contributed by atoms with Crippen LogP contribution in [-0.4, -0.2) is 20.4 Å². The van der Waals surface area contributed by atoms with Gasteiger partial charge in [-0.1, -0.05) is 36.4 Å². The maximum atomic E-state index is 12.1.